The van der Waals surface area contributed by atoms with Crippen LogP contribution >= 0.6 is 0 Å². The molecule has 0 bridgehead atoms. The summed E-state index contributed by atoms with van der Waals surface area (Å²) in [6.45, 7) is 7.72. The van der Waals surface area contributed by atoms with Gasteiger partial charge in [-0.05, 0) is 39.3 Å². The molecule has 1 heterocycles. The van der Waals surface area contributed by atoms with Crippen molar-refractivity contribution in [3.8, 4) is 11.4 Å². The third kappa shape index (κ3) is 3.93. The number of aromatic nitrogens is 2. The Labute approximate surface area is 162 Å². The first kappa shape index (κ1) is 19.6. The molecule has 2 aromatic carbocycles. The molecule has 0 aliphatic heterocycles. The molecule has 2 atom stereocenters. The second kappa shape index (κ2) is 7.46. The van der Waals surface area contributed by atoms with Gasteiger partial charge in [-0.2, -0.15) is 0 Å². The zero-order valence-corrected chi connectivity index (χ0v) is 17.1. The molecule has 0 aliphatic carbocycles. The summed E-state index contributed by atoms with van der Waals surface area (Å²) in [4.78, 5) is 17.7. The minimum Gasteiger partial charge on any atom is -0.598 e. The van der Waals surface area contributed by atoms with E-state index in [1.807, 2.05) is 70.2 Å². The number of nitrogens with zero attached hydrogens (tertiary/aromatic N) is 2. The molecular formula is C21H25N3O2S. The van der Waals surface area contributed by atoms with Crippen molar-refractivity contribution < 1.29 is 4.55 Å². The molecule has 0 fully saturated rings. The van der Waals surface area contributed by atoms with E-state index in [1.165, 1.54) is 0 Å². The maximum atomic E-state index is 12.9. The van der Waals surface area contributed by atoms with Gasteiger partial charge < -0.3 is 4.55 Å². The molecule has 6 heteroatoms. The second-order valence-electron chi connectivity index (χ2n) is 7.63. The van der Waals surface area contributed by atoms with Crippen LogP contribution in [0, 0.1) is 0 Å². The van der Waals surface area contributed by atoms with Gasteiger partial charge >= 0.3 is 0 Å². The van der Waals surface area contributed by atoms with Gasteiger partial charge in [0.2, 0.25) is 0 Å². The lowest BCUT2D eigenvalue weighted by atomic mass is 10.0. The summed E-state index contributed by atoms with van der Waals surface area (Å²) in [6, 6.07) is 15.0. The van der Waals surface area contributed by atoms with Crippen LogP contribution in [0.3, 0.4) is 0 Å². The summed E-state index contributed by atoms with van der Waals surface area (Å²) in [7, 11) is 1.74. The molecule has 27 heavy (non-hydrogen) atoms. The van der Waals surface area contributed by atoms with Crippen molar-refractivity contribution in [3.63, 3.8) is 0 Å². The van der Waals surface area contributed by atoms with Gasteiger partial charge in [-0.1, -0.05) is 42.5 Å². The van der Waals surface area contributed by atoms with Crippen LogP contribution in [0.4, 0.5) is 0 Å². The van der Waals surface area contributed by atoms with Gasteiger partial charge in [-0.3, -0.25) is 9.36 Å². The molecule has 0 aliphatic rings. The standard InChI is InChI=1S/C21H25N3O2S/c1-14(23-27(26)21(2,3)4)16-12-9-13-17-18(16)22-19(24(5)20(17)25)15-10-7-6-8-11-15/h6-14,23H,1-5H3/t14-,27-/m1/s1. The third-order valence-corrected chi connectivity index (χ3v) is 6.16. The summed E-state index contributed by atoms with van der Waals surface area (Å²) in [5.41, 5.74) is 2.29. The van der Waals surface area contributed by atoms with Crippen molar-refractivity contribution in [2.45, 2.75) is 38.5 Å². The van der Waals surface area contributed by atoms with Crippen LogP contribution in [-0.4, -0.2) is 18.9 Å². The van der Waals surface area contributed by atoms with Crippen LogP contribution < -0.4 is 10.3 Å². The fourth-order valence-corrected chi connectivity index (χ4v) is 3.71. The van der Waals surface area contributed by atoms with Crippen molar-refractivity contribution in [1.82, 2.24) is 14.3 Å². The molecule has 0 saturated carbocycles. The molecule has 3 aromatic rings. The molecule has 0 unspecified atom stereocenters. The Balaban J connectivity index is 2.15. The number of fused-ring (bicyclic) bond motifs is 1. The van der Waals surface area contributed by atoms with E-state index in [9.17, 15) is 9.35 Å². The lowest BCUT2D eigenvalue weighted by Crippen LogP contribution is -2.40. The van der Waals surface area contributed by atoms with Crippen LogP contribution in [0.25, 0.3) is 22.3 Å². The van der Waals surface area contributed by atoms with E-state index in [2.05, 4.69) is 4.72 Å². The zero-order valence-electron chi connectivity index (χ0n) is 16.3. The topological polar surface area (TPSA) is 70.0 Å². The van der Waals surface area contributed by atoms with E-state index in [1.54, 1.807) is 17.7 Å². The highest BCUT2D eigenvalue weighted by atomic mass is 32.2. The number of rotatable bonds is 4. The van der Waals surface area contributed by atoms with Crippen LogP contribution in [0.2, 0.25) is 0 Å². The van der Waals surface area contributed by atoms with Gasteiger partial charge in [0, 0.05) is 24.0 Å². The van der Waals surface area contributed by atoms with E-state index in [-0.39, 0.29) is 16.3 Å². The van der Waals surface area contributed by atoms with Crippen molar-refractivity contribution >= 4 is 22.3 Å². The first-order valence-corrected chi connectivity index (χ1v) is 10.1. The third-order valence-electron chi connectivity index (χ3n) is 4.48. The van der Waals surface area contributed by atoms with Crippen molar-refractivity contribution in [2.24, 2.45) is 7.05 Å². The number of nitrogens with one attached hydrogen (secondary N) is 1. The normalized spacial score (nSPS) is 14.3. The van der Waals surface area contributed by atoms with Crippen LogP contribution in [-0.2, 0) is 18.4 Å². The van der Waals surface area contributed by atoms with Gasteiger partial charge in [0.1, 0.15) is 10.6 Å². The maximum Gasteiger partial charge on any atom is 0.261 e. The van der Waals surface area contributed by atoms with Crippen molar-refractivity contribution in [3.05, 3.63) is 64.4 Å². The quantitative estimate of drug-likeness (QED) is 0.697. The lowest BCUT2D eigenvalue weighted by Gasteiger charge is -2.27. The summed E-state index contributed by atoms with van der Waals surface area (Å²) in [6.07, 6.45) is 0. The molecule has 0 spiro atoms. The van der Waals surface area contributed by atoms with E-state index < -0.39 is 11.4 Å². The Morgan fingerprint density at radius 2 is 1.78 bits per heavy atom. The lowest BCUT2D eigenvalue weighted by molar-refractivity contribution is 0.531. The summed E-state index contributed by atoms with van der Waals surface area (Å²) >= 11 is -1.22. The zero-order chi connectivity index (χ0) is 19.8. The Morgan fingerprint density at radius 1 is 1.11 bits per heavy atom. The first-order chi connectivity index (χ1) is 12.7. The van der Waals surface area contributed by atoms with Crippen LogP contribution in [0.1, 0.15) is 39.3 Å². The predicted octanol–water partition coefficient (Wildman–Crippen LogP) is 3.71. The fraction of sp³-hybridized carbons (Fsp3) is 0.333. The minimum atomic E-state index is -1.22. The van der Waals surface area contributed by atoms with E-state index >= 15 is 0 Å². The fourth-order valence-electron chi connectivity index (χ4n) is 2.91. The van der Waals surface area contributed by atoms with E-state index in [4.69, 9.17) is 4.98 Å². The first-order valence-electron chi connectivity index (χ1n) is 8.93. The largest absolute Gasteiger partial charge is 0.598 e. The molecule has 3 rings (SSSR count). The minimum absolute atomic E-state index is 0.0927. The van der Waals surface area contributed by atoms with Crippen LogP contribution in [0.15, 0.2) is 53.3 Å². The SMILES string of the molecule is C[C@@H](N[S@+]([O-])C(C)(C)C)c1cccc2c(=O)n(C)c(-c3ccccc3)nc12. The van der Waals surface area contributed by atoms with Gasteiger partial charge in [-0.15, -0.1) is 4.72 Å². The second-order valence-corrected chi connectivity index (χ2v) is 9.63. The molecule has 5 nitrogen and oxygen atoms in total. The van der Waals surface area contributed by atoms with E-state index in [0.29, 0.717) is 16.7 Å². The predicted molar refractivity (Wildman–Crippen MR) is 112 cm³/mol. The highest BCUT2D eigenvalue weighted by Crippen LogP contribution is 2.26. The highest BCUT2D eigenvalue weighted by molar-refractivity contribution is 7.90. The number of hydrogen-bond donors (Lipinski definition) is 1. The number of benzene rings is 2. The smallest absolute Gasteiger partial charge is 0.261 e. The Bertz CT molecular complexity index is 1010. The molecular weight excluding hydrogens is 358 g/mol. The Kier molecular flexibility index (Phi) is 5.42. The number of para-hydroxylation sites is 1. The summed E-state index contributed by atoms with van der Waals surface area (Å²) < 4.78 is 16.9. The molecule has 1 N–H and O–H groups in total. The van der Waals surface area contributed by atoms with Gasteiger partial charge in [0.15, 0.2) is 0 Å². The molecule has 1 aromatic heterocycles. The van der Waals surface area contributed by atoms with Gasteiger partial charge in [0.05, 0.1) is 16.9 Å². The Hall–Kier alpha value is -2.15. The summed E-state index contributed by atoms with van der Waals surface area (Å²) in [5, 5.41) is 0.560. The van der Waals surface area contributed by atoms with E-state index in [0.717, 1.165) is 11.1 Å². The van der Waals surface area contributed by atoms with Gasteiger partial charge in [-0.25, -0.2) is 4.98 Å². The van der Waals surface area contributed by atoms with Crippen LogP contribution in [0.5, 0.6) is 0 Å². The Morgan fingerprint density at radius 3 is 2.41 bits per heavy atom. The monoisotopic (exact) mass is 383 g/mol. The van der Waals surface area contributed by atoms with Gasteiger partial charge in [0.25, 0.3) is 5.56 Å². The molecule has 0 saturated heterocycles. The maximum absolute atomic E-state index is 12.9. The summed E-state index contributed by atoms with van der Waals surface area (Å²) in [5.74, 6) is 0.615. The average Bonchev–Trinajstić information content (AvgIpc) is 2.64. The number of hydrogen-bond acceptors (Lipinski definition) is 4. The van der Waals surface area contributed by atoms with Crippen molar-refractivity contribution in [2.75, 3.05) is 0 Å². The molecule has 142 valence electrons. The average molecular weight is 384 g/mol. The molecule has 0 amide bonds. The van der Waals surface area contributed by atoms with Crippen molar-refractivity contribution in [1.29, 1.82) is 0 Å². The molecule has 0 radical (unpaired) electrons. The highest BCUT2D eigenvalue weighted by Gasteiger charge is 2.29.